The lowest BCUT2D eigenvalue weighted by atomic mass is 9.80. The van der Waals surface area contributed by atoms with Gasteiger partial charge in [0.1, 0.15) is 0 Å². The van der Waals surface area contributed by atoms with E-state index in [2.05, 4.69) is 26.2 Å². The number of pyridine rings is 1. The SMILES string of the molecule is O=C(NCC1=CCC(c2ccc(Cl)cc2Cl)C([N+](=O)[O-])C1)c1cncc(Br)c1. The van der Waals surface area contributed by atoms with Crippen molar-refractivity contribution in [1.29, 1.82) is 0 Å². The van der Waals surface area contributed by atoms with Gasteiger partial charge in [0.2, 0.25) is 6.04 Å². The van der Waals surface area contributed by atoms with E-state index in [1.54, 1.807) is 30.5 Å². The molecule has 146 valence electrons. The molecule has 2 aromatic rings. The molecule has 1 heterocycles. The summed E-state index contributed by atoms with van der Waals surface area (Å²) in [5, 5.41) is 15.4. The summed E-state index contributed by atoms with van der Waals surface area (Å²) in [7, 11) is 0. The van der Waals surface area contributed by atoms with E-state index >= 15 is 0 Å². The number of benzene rings is 1. The zero-order valence-electron chi connectivity index (χ0n) is 14.6. The molecule has 0 saturated heterocycles. The summed E-state index contributed by atoms with van der Waals surface area (Å²) >= 11 is 15.5. The molecule has 1 amide bonds. The smallest absolute Gasteiger partial charge is 0.253 e. The Balaban J connectivity index is 1.72. The Hall–Kier alpha value is -1.96. The van der Waals surface area contributed by atoms with Gasteiger partial charge in [-0.1, -0.05) is 35.3 Å². The fraction of sp³-hybridized carbons (Fsp3) is 0.263. The zero-order chi connectivity index (χ0) is 20.3. The molecule has 2 unspecified atom stereocenters. The third-order valence-electron chi connectivity index (χ3n) is 4.67. The van der Waals surface area contributed by atoms with Crippen molar-refractivity contribution in [1.82, 2.24) is 10.3 Å². The first-order valence-corrected chi connectivity index (χ1v) is 10.0. The number of aromatic nitrogens is 1. The van der Waals surface area contributed by atoms with Crippen LogP contribution in [0.25, 0.3) is 0 Å². The number of nitrogens with one attached hydrogen (secondary N) is 1. The van der Waals surface area contributed by atoms with Crippen LogP contribution in [0, 0.1) is 10.1 Å². The second-order valence-electron chi connectivity index (χ2n) is 6.50. The number of allylic oxidation sites excluding steroid dienone is 1. The maximum atomic E-state index is 12.3. The van der Waals surface area contributed by atoms with Crippen molar-refractivity contribution in [2.45, 2.75) is 24.8 Å². The molecule has 6 nitrogen and oxygen atoms in total. The Morgan fingerprint density at radius 3 is 2.79 bits per heavy atom. The Morgan fingerprint density at radius 2 is 2.11 bits per heavy atom. The topological polar surface area (TPSA) is 85.1 Å². The number of amides is 1. The minimum Gasteiger partial charge on any atom is -0.348 e. The number of carbonyl (C=O) groups is 1. The number of hydrogen-bond acceptors (Lipinski definition) is 4. The van der Waals surface area contributed by atoms with Crippen LogP contribution >= 0.6 is 39.1 Å². The van der Waals surface area contributed by atoms with Crippen molar-refractivity contribution in [3.05, 3.63) is 84.1 Å². The monoisotopic (exact) mass is 483 g/mol. The maximum absolute atomic E-state index is 12.3. The Bertz CT molecular complexity index is 952. The highest BCUT2D eigenvalue weighted by molar-refractivity contribution is 9.10. The predicted octanol–water partition coefficient (Wildman–Crippen LogP) is 5.03. The largest absolute Gasteiger partial charge is 0.348 e. The van der Waals surface area contributed by atoms with Crippen LogP contribution < -0.4 is 5.32 Å². The normalized spacial score (nSPS) is 19.0. The summed E-state index contributed by atoms with van der Waals surface area (Å²) in [4.78, 5) is 27.6. The van der Waals surface area contributed by atoms with Crippen LogP contribution in [0.1, 0.15) is 34.7 Å². The number of carbonyl (C=O) groups excluding carboxylic acids is 1. The first kappa shape index (κ1) is 20.8. The minimum atomic E-state index is -0.817. The molecule has 0 saturated carbocycles. The van der Waals surface area contributed by atoms with E-state index in [0.717, 1.165) is 5.57 Å². The van der Waals surface area contributed by atoms with Gasteiger partial charge < -0.3 is 5.32 Å². The summed E-state index contributed by atoms with van der Waals surface area (Å²) in [5.41, 5.74) is 1.95. The van der Waals surface area contributed by atoms with Crippen molar-refractivity contribution in [2.24, 2.45) is 0 Å². The van der Waals surface area contributed by atoms with Crippen molar-refractivity contribution in [3.8, 4) is 0 Å². The molecule has 3 rings (SSSR count). The fourth-order valence-electron chi connectivity index (χ4n) is 3.28. The van der Waals surface area contributed by atoms with E-state index in [9.17, 15) is 14.9 Å². The first-order valence-electron chi connectivity index (χ1n) is 8.50. The molecule has 1 aromatic heterocycles. The highest BCUT2D eigenvalue weighted by atomic mass is 79.9. The van der Waals surface area contributed by atoms with Crippen molar-refractivity contribution in [3.63, 3.8) is 0 Å². The first-order chi connectivity index (χ1) is 13.3. The molecule has 0 spiro atoms. The second-order valence-corrected chi connectivity index (χ2v) is 8.26. The van der Waals surface area contributed by atoms with Crippen molar-refractivity contribution < 1.29 is 9.72 Å². The zero-order valence-corrected chi connectivity index (χ0v) is 17.7. The van der Waals surface area contributed by atoms with Crippen molar-refractivity contribution in [2.75, 3.05) is 6.54 Å². The van der Waals surface area contributed by atoms with Crippen LogP contribution in [0.4, 0.5) is 0 Å². The lowest BCUT2D eigenvalue weighted by Crippen LogP contribution is -2.34. The van der Waals surface area contributed by atoms with Crippen LogP contribution in [0.15, 0.2) is 52.8 Å². The number of rotatable bonds is 5. The third-order valence-corrected chi connectivity index (χ3v) is 5.67. The van der Waals surface area contributed by atoms with E-state index in [1.165, 1.54) is 6.20 Å². The van der Waals surface area contributed by atoms with Gasteiger partial charge in [-0.2, -0.15) is 0 Å². The van der Waals surface area contributed by atoms with Crippen LogP contribution in [0.2, 0.25) is 10.0 Å². The average molecular weight is 485 g/mol. The molecule has 1 N–H and O–H groups in total. The molecule has 0 fully saturated rings. The molecule has 0 radical (unpaired) electrons. The molecule has 28 heavy (non-hydrogen) atoms. The third kappa shape index (κ3) is 4.90. The fourth-order valence-corrected chi connectivity index (χ4v) is 4.19. The van der Waals surface area contributed by atoms with E-state index in [1.807, 2.05) is 6.08 Å². The Morgan fingerprint density at radius 1 is 1.32 bits per heavy atom. The van der Waals surface area contributed by atoms with Crippen molar-refractivity contribution >= 4 is 45.0 Å². The molecule has 0 aliphatic heterocycles. The van der Waals surface area contributed by atoms with Gasteiger partial charge >= 0.3 is 0 Å². The standard InChI is InChI=1S/C19H16BrCl2N3O3/c20-13-6-12(9-23-10-13)19(26)24-8-11-1-3-16(18(5-11)25(27)28)15-4-2-14(21)7-17(15)22/h1-2,4,6-7,9-10,16,18H,3,5,8H2,(H,24,26). The molecule has 1 aromatic carbocycles. The van der Waals surface area contributed by atoms with Gasteiger partial charge in [-0.05, 0) is 51.7 Å². The van der Waals surface area contributed by atoms with Gasteiger partial charge in [0, 0.05) is 44.8 Å². The van der Waals surface area contributed by atoms with Gasteiger partial charge in [0.05, 0.1) is 11.5 Å². The number of halogens is 3. The summed E-state index contributed by atoms with van der Waals surface area (Å²) in [5.74, 6) is -0.622. The van der Waals surface area contributed by atoms with E-state index < -0.39 is 6.04 Å². The second kappa shape index (κ2) is 9.03. The van der Waals surface area contributed by atoms with Crippen LogP contribution in [-0.4, -0.2) is 28.4 Å². The quantitative estimate of drug-likeness (QED) is 0.366. The average Bonchev–Trinajstić information content (AvgIpc) is 2.66. The molecule has 1 aliphatic carbocycles. The van der Waals surface area contributed by atoms with E-state index in [-0.39, 0.29) is 29.7 Å². The van der Waals surface area contributed by atoms with E-state index in [4.69, 9.17) is 23.2 Å². The lowest BCUT2D eigenvalue weighted by Gasteiger charge is -2.26. The van der Waals surface area contributed by atoms with Gasteiger partial charge in [0.25, 0.3) is 5.91 Å². The number of nitrogens with zero attached hydrogens (tertiary/aromatic N) is 2. The van der Waals surface area contributed by atoms with Crippen LogP contribution in [-0.2, 0) is 0 Å². The minimum absolute atomic E-state index is 0.244. The van der Waals surface area contributed by atoms with Crippen LogP contribution in [0.3, 0.4) is 0 Å². The van der Waals surface area contributed by atoms with Crippen LogP contribution in [0.5, 0.6) is 0 Å². The Labute approximate surface area is 180 Å². The number of nitro groups is 1. The van der Waals surface area contributed by atoms with Gasteiger partial charge in [-0.25, -0.2) is 0 Å². The predicted molar refractivity (Wildman–Crippen MR) is 112 cm³/mol. The molecule has 0 bridgehead atoms. The molecular formula is C19H16BrCl2N3O3. The molecule has 1 aliphatic rings. The van der Waals surface area contributed by atoms with Gasteiger partial charge in [0.15, 0.2) is 0 Å². The Kier molecular flexibility index (Phi) is 6.69. The summed E-state index contributed by atoms with van der Waals surface area (Å²) in [6, 6.07) is 5.87. The molecular weight excluding hydrogens is 469 g/mol. The number of hydrogen-bond donors (Lipinski definition) is 1. The maximum Gasteiger partial charge on any atom is 0.253 e. The lowest BCUT2D eigenvalue weighted by molar-refractivity contribution is -0.527. The summed E-state index contributed by atoms with van der Waals surface area (Å²) in [6.07, 6.45) is 5.71. The van der Waals surface area contributed by atoms with Gasteiger partial charge in [-0.15, -0.1) is 0 Å². The van der Waals surface area contributed by atoms with E-state index in [0.29, 0.717) is 32.1 Å². The van der Waals surface area contributed by atoms with Gasteiger partial charge in [-0.3, -0.25) is 19.9 Å². The summed E-state index contributed by atoms with van der Waals surface area (Å²) in [6.45, 7) is 0.247. The molecule has 2 atom stereocenters. The highest BCUT2D eigenvalue weighted by Gasteiger charge is 2.37. The highest BCUT2D eigenvalue weighted by Crippen LogP contribution is 2.38. The molecule has 9 heteroatoms. The summed E-state index contributed by atoms with van der Waals surface area (Å²) < 4.78 is 0.702.